The van der Waals surface area contributed by atoms with E-state index >= 15 is 4.79 Å². The predicted octanol–water partition coefficient (Wildman–Crippen LogP) is 7.07. The number of phenolic OH excluding ortho intramolecular Hbond substituents is 1. The largest absolute Gasteiger partial charge is 0.508 e. The van der Waals surface area contributed by atoms with Crippen LogP contribution in [0.4, 0.5) is 0 Å². The van der Waals surface area contributed by atoms with Crippen LogP contribution in [-0.2, 0) is 31.1 Å². The normalized spacial score (nSPS) is 27.9. The maximum absolute atomic E-state index is 15.0. The number of halogens is 1. The number of hydrogen-bond acceptors (Lipinski definition) is 5. The lowest BCUT2D eigenvalue weighted by Crippen LogP contribution is -2.58. The van der Waals surface area contributed by atoms with Crippen molar-refractivity contribution >= 4 is 40.6 Å². The van der Waals surface area contributed by atoms with Gasteiger partial charge in [-0.15, -0.1) is 0 Å². The number of carbonyl (C=O) groups excluding carboxylic acids is 4. The summed E-state index contributed by atoms with van der Waals surface area (Å²) in [4.78, 5) is 59.6. The first-order chi connectivity index (χ1) is 23.3. The number of allylic oxidation sites excluding steroid dienone is 4. The molecule has 1 heterocycles. The number of carbonyl (C=O) groups is 4. The lowest BCUT2D eigenvalue weighted by atomic mass is 9.44. The van der Waals surface area contributed by atoms with Crippen LogP contribution in [0.1, 0.15) is 41.0 Å². The average molecular weight is 654 g/mol. The molecule has 4 aliphatic rings. The third-order valence-electron chi connectivity index (χ3n) is 11.0. The molecule has 48 heavy (non-hydrogen) atoms. The number of nitrogens with zero attached hydrogens (tertiary/aromatic N) is 1. The molecule has 0 bridgehead atoms. The second-order valence-electron chi connectivity index (χ2n) is 13.2. The Labute approximate surface area is 283 Å². The smallest absolute Gasteiger partial charge is 0.234 e. The lowest BCUT2D eigenvalue weighted by Gasteiger charge is -2.55. The van der Waals surface area contributed by atoms with E-state index in [9.17, 15) is 19.5 Å². The summed E-state index contributed by atoms with van der Waals surface area (Å²) in [5, 5.41) is 11.8. The van der Waals surface area contributed by atoms with Crippen LogP contribution in [0.15, 0.2) is 127 Å². The summed E-state index contributed by atoms with van der Waals surface area (Å²) in [6, 6.07) is 32.6. The van der Waals surface area contributed by atoms with E-state index in [0.717, 1.165) is 11.1 Å². The number of fused-ring (bicyclic) bond motifs is 4. The van der Waals surface area contributed by atoms with Crippen LogP contribution in [-0.4, -0.2) is 33.4 Å². The van der Waals surface area contributed by atoms with Gasteiger partial charge in [0.1, 0.15) is 5.75 Å². The van der Waals surface area contributed by atoms with E-state index in [1.165, 1.54) is 17.0 Å². The minimum absolute atomic E-state index is 0.0558. The van der Waals surface area contributed by atoms with Gasteiger partial charge >= 0.3 is 0 Å². The molecule has 0 spiro atoms. The maximum atomic E-state index is 15.0. The van der Waals surface area contributed by atoms with Gasteiger partial charge in [-0.2, -0.15) is 0 Å². The van der Waals surface area contributed by atoms with Crippen molar-refractivity contribution in [3.05, 3.63) is 154 Å². The summed E-state index contributed by atoms with van der Waals surface area (Å²) in [7, 11) is 0. The molecular formula is C41H32ClNO5. The van der Waals surface area contributed by atoms with E-state index in [1.54, 1.807) is 12.1 Å². The topological polar surface area (TPSA) is 91.8 Å². The molecular weight excluding hydrogens is 622 g/mol. The molecule has 1 N–H and O–H groups in total. The summed E-state index contributed by atoms with van der Waals surface area (Å²) >= 11 is 6.57. The van der Waals surface area contributed by atoms with Crippen molar-refractivity contribution in [1.29, 1.82) is 0 Å². The van der Waals surface area contributed by atoms with Crippen LogP contribution in [0.5, 0.6) is 5.75 Å². The van der Waals surface area contributed by atoms with Crippen molar-refractivity contribution in [2.45, 2.75) is 30.7 Å². The average Bonchev–Trinajstić information content (AvgIpc) is 3.36. The number of benzene rings is 4. The first kappa shape index (κ1) is 30.3. The highest BCUT2D eigenvalue weighted by Crippen LogP contribution is 2.64. The third-order valence-corrected chi connectivity index (χ3v) is 11.2. The van der Waals surface area contributed by atoms with E-state index in [-0.39, 0.29) is 42.1 Å². The first-order valence-electron chi connectivity index (χ1n) is 16.3. The van der Waals surface area contributed by atoms with Gasteiger partial charge in [0.05, 0.1) is 23.8 Å². The zero-order valence-corrected chi connectivity index (χ0v) is 26.7. The van der Waals surface area contributed by atoms with Gasteiger partial charge in [0.15, 0.2) is 11.6 Å². The van der Waals surface area contributed by atoms with Crippen molar-refractivity contribution < 1.29 is 24.3 Å². The molecule has 1 saturated heterocycles. The van der Waals surface area contributed by atoms with Gasteiger partial charge in [-0.25, -0.2) is 0 Å². The van der Waals surface area contributed by atoms with Gasteiger partial charge in [0.2, 0.25) is 11.8 Å². The SMILES string of the molecule is O=C1C(c2ccccc2)=CC(=O)[C@@]2(c3ccccc3)[C@@H](c3cc(Cl)ccc3O)C3=CC[C@@H]4C(=O)N(Cc5ccccc5)C(=O)[C@@H]4[C@@H]3C[C@@H]12. The number of Topliss-reactive ketones (excluding diaryl/α,β-unsaturated/α-hetero) is 1. The number of hydrogen-bond donors (Lipinski definition) is 1. The first-order valence-corrected chi connectivity index (χ1v) is 16.7. The molecule has 238 valence electrons. The molecule has 0 unspecified atom stereocenters. The Hall–Kier alpha value is -5.07. The molecule has 0 radical (unpaired) electrons. The standard InChI is InChI=1S/C41H32ClNO5/c42-27-16-19-34(44)32(20-27)37-28-17-18-29-36(40(48)43(39(29)47)23-24-10-4-1-5-11-24)31(28)21-33-38(46)30(25-12-6-2-7-13-25)22-35(45)41(33,37)26-14-8-3-9-15-26/h1-17,19-20,22,29,31,33,36-37,44H,18,21,23H2/t29-,31+,33-,36-,37+,41-/m0/s1. The second-order valence-corrected chi connectivity index (χ2v) is 13.7. The van der Waals surface area contributed by atoms with Crippen molar-refractivity contribution in [3.63, 3.8) is 0 Å². The fourth-order valence-corrected chi connectivity index (χ4v) is 9.14. The minimum atomic E-state index is -1.43. The number of rotatable bonds is 5. The summed E-state index contributed by atoms with van der Waals surface area (Å²) in [5.74, 6) is -4.49. The van der Waals surface area contributed by atoms with Crippen LogP contribution in [0.25, 0.3) is 5.57 Å². The Morgan fingerprint density at radius 2 is 1.46 bits per heavy atom. The second kappa shape index (κ2) is 11.6. The summed E-state index contributed by atoms with van der Waals surface area (Å²) in [6.45, 7) is 0.168. The van der Waals surface area contributed by atoms with Gasteiger partial charge in [0.25, 0.3) is 0 Å². The quantitative estimate of drug-likeness (QED) is 0.184. The maximum Gasteiger partial charge on any atom is 0.234 e. The number of ketones is 2. The van der Waals surface area contributed by atoms with E-state index in [4.69, 9.17) is 11.6 Å². The molecule has 1 aliphatic heterocycles. The highest BCUT2D eigenvalue weighted by atomic mass is 35.5. The summed E-state index contributed by atoms with van der Waals surface area (Å²) < 4.78 is 0. The molecule has 2 fully saturated rings. The van der Waals surface area contributed by atoms with Crippen LogP contribution in [0.2, 0.25) is 5.02 Å². The highest BCUT2D eigenvalue weighted by molar-refractivity contribution is 6.32. The van der Waals surface area contributed by atoms with Crippen LogP contribution >= 0.6 is 11.6 Å². The number of aromatic hydroxyl groups is 1. The van der Waals surface area contributed by atoms with Gasteiger partial charge in [-0.1, -0.05) is 114 Å². The Kier molecular flexibility index (Phi) is 7.30. The molecule has 6 atom stereocenters. The van der Waals surface area contributed by atoms with Crippen LogP contribution < -0.4 is 0 Å². The Balaban J connectivity index is 1.35. The van der Waals surface area contributed by atoms with E-state index < -0.39 is 35.0 Å². The predicted molar refractivity (Wildman–Crippen MR) is 182 cm³/mol. The molecule has 7 heteroatoms. The number of imide groups is 1. The molecule has 0 aromatic heterocycles. The Morgan fingerprint density at radius 1 is 0.792 bits per heavy atom. The lowest BCUT2D eigenvalue weighted by molar-refractivity contribution is -0.141. The van der Waals surface area contributed by atoms with Crippen molar-refractivity contribution in [1.82, 2.24) is 4.90 Å². The van der Waals surface area contributed by atoms with Crippen LogP contribution in [0.3, 0.4) is 0 Å². The fraction of sp³-hybridized carbons (Fsp3) is 0.220. The van der Waals surface area contributed by atoms with Crippen molar-refractivity contribution in [3.8, 4) is 5.75 Å². The van der Waals surface area contributed by atoms with Crippen molar-refractivity contribution in [2.24, 2.45) is 23.7 Å². The van der Waals surface area contributed by atoms with E-state index in [2.05, 4.69) is 0 Å². The molecule has 6 nitrogen and oxygen atoms in total. The molecule has 1 saturated carbocycles. The zero-order valence-electron chi connectivity index (χ0n) is 26.0. The molecule has 4 aromatic rings. The zero-order chi connectivity index (χ0) is 33.2. The number of likely N-dealkylation sites (tertiary alicyclic amines) is 1. The Morgan fingerprint density at radius 3 is 2.17 bits per heavy atom. The molecule has 8 rings (SSSR count). The van der Waals surface area contributed by atoms with Gasteiger partial charge in [0, 0.05) is 28.0 Å². The molecule has 4 aromatic carbocycles. The van der Waals surface area contributed by atoms with Gasteiger partial charge in [-0.05, 0) is 59.7 Å². The number of phenols is 1. The van der Waals surface area contributed by atoms with Gasteiger partial charge in [-0.3, -0.25) is 24.1 Å². The van der Waals surface area contributed by atoms with Crippen molar-refractivity contribution in [2.75, 3.05) is 0 Å². The van der Waals surface area contributed by atoms with Crippen LogP contribution in [0, 0.1) is 23.7 Å². The Bertz CT molecular complexity index is 2040. The third kappa shape index (κ3) is 4.46. The fourth-order valence-electron chi connectivity index (χ4n) is 8.96. The number of amides is 2. The summed E-state index contributed by atoms with van der Waals surface area (Å²) in [6.07, 6.45) is 3.97. The van der Waals surface area contributed by atoms with E-state index in [1.807, 2.05) is 97.1 Å². The monoisotopic (exact) mass is 653 g/mol. The van der Waals surface area contributed by atoms with E-state index in [0.29, 0.717) is 33.7 Å². The van der Waals surface area contributed by atoms with Gasteiger partial charge < -0.3 is 5.11 Å². The molecule has 3 aliphatic carbocycles. The highest BCUT2D eigenvalue weighted by Gasteiger charge is 2.66. The summed E-state index contributed by atoms with van der Waals surface area (Å²) in [5.41, 5.74) is 2.25. The molecule has 2 amide bonds. The minimum Gasteiger partial charge on any atom is -0.508 e.